The van der Waals surface area contributed by atoms with Gasteiger partial charge in [-0.25, -0.2) is 0 Å². The summed E-state index contributed by atoms with van der Waals surface area (Å²) in [6, 6.07) is 1.82. The van der Waals surface area contributed by atoms with Gasteiger partial charge in [-0.1, -0.05) is 0 Å². The van der Waals surface area contributed by atoms with E-state index in [2.05, 4.69) is 0 Å². The smallest absolute Gasteiger partial charge is 0.0956 e. The summed E-state index contributed by atoms with van der Waals surface area (Å²) in [7, 11) is 0. The molecule has 0 bridgehead atoms. The predicted octanol–water partition coefficient (Wildman–Crippen LogP) is 0.247. The molecule has 1 aliphatic rings. The molecule has 1 rings (SSSR count). The summed E-state index contributed by atoms with van der Waals surface area (Å²) < 4.78 is 0. The second-order valence-corrected chi connectivity index (χ2v) is 1.99. The molecule has 0 spiro atoms. The van der Waals surface area contributed by atoms with Crippen molar-refractivity contribution in [3.63, 3.8) is 0 Å². The third-order valence-corrected chi connectivity index (χ3v) is 1.28. The molecule has 1 fully saturated rings. The lowest BCUT2D eigenvalue weighted by Gasteiger charge is -1.91. The van der Waals surface area contributed by atoms with Crippen molar-refractivity contribution >= 4 is 0 Å². The maximum Gasteiger partial charge on any atom is 0.0956 e. The van der Waals surface area contributed by atoms with E-state index in [0.717, 1.165) is 12.8 Å². The van der Waals surface area contributed by atoms with Crippen molar-refractivity contribution in [3.8, 4) is 6.07 Å². The van der Waals surface area contributed by atoms with E-state index in [4.69, 9.17) is 11.0 Å². The normalized spacial score (nSPS) is 23.4. The maximum absolute atomic E-state index is 8.17. The van der Waals surface area contributed by atoms with E-state index >= 15 is 0 Å². The van der Waals surface area contributed by atoms with Crippen LogP contribution in [0.3, 0.4) is 0 Å². The summed E-state index contributed by atoms with van der Waals surface area (Å²) >= 11 is 0. The lowest BCUT2D eigenvalue weighted by molar-refractivity contribution is 0.722. The molecule has 2 nitrogen and oxygen atoms in total. The molecule has 2 N–H and O–H groups in total. The van der Waals surface area contributed by atoms with Crippen molar-refractivity contribution in [3.05, 3.63) is 0 Å². The number of nitrogens with two attached hydrogens (primary N) is 1. The number of rotatable bonds is 1. The quantitative estimate of drug-likeness (QED) is 0.508. The minimum Gasteiger partial charge on any atom is -0.316 e. The van der Waals surface area contributed by atoms with Crippen LogP contribution in [-0.2, 0) is 0 Å². The lowest BCUT2D eigenvalue weighted by Crippen LogP contribution is -2.18. The number of nitrogens with zero attached hydrogens (tertiary/aromatic N) is 1. The average Bonchev–Trinajstić information content (AvgIpc) is 2.44. The fourth-order valence-electron chi connectivity index (χ4n) is 0.561. The summed E-state index contributed by atoms with van der Waals surface area (Å²) in [4.78, 5) is 0. The summed E-state index contributed by atoms with van der Waals surface area (Å²) in [6.07, 6.45) is 2.32. The van der Waals surface area contributed by atoms with Gasteiger partial charge in [-0.2, -0.15) is 5.26 Å². The van der Waals surface area contributed by atoms with Crippen molar-refractivity contribution in [2.75, 3.05) is 0 Å². The van der Waals surface area contributed by atoms with Gasteiger partial charge in [-0.05, 0) is 18.8 Å². The lowest BCUT2D eigenvalue weighted by atomic mass is 10.2. The van der Waals surface area contributed by atoms with Crippen LogP contribution in [0.2, 0.25) is 0 Å². The Morgan fingerprint density at radius 3 is 2.43 bits per heavy atom. The minimum atomic E-state index is -0.181. The standard InChI is InChI=1S/C5H8N2/c6-3-5(7)4-1-2-4/h4-5H,1-2,7H2. The zero-order chi connectivity index (χ0) is 5.28. The first-order valence-electron chi connectivity index (χ1n) is 2.50. The maximum atomic E-state index is 8.17. The molecule has 1 atom stereocenters. The summed E-state index contributed by atoms with van der Waals surface area (Å²) in [5, 5.41) is 8.17. The molecule has 1 aliphatic carbocycles. The van der Waals surface area contributed by atoms with Gasteiger partial charge in [-0.15, -0.1) is 0 Å². The van der Waals surface area contributed by atoms with E-state index in [1.165, 1.54) is 0 Å². The Bertz CT molecular complexity index is 99.1. The van der Waals surface area contributed by atoms with Crippen LogP contribution in [0.5, 0.6) is 0 Å². The molecule has 2 heteroatoms. The van der Waals surface area contributed by atoms with Crippen LogP contribution in [0.25, 0.3) is 0 Å². The van der Waals surface area contributed by atoms with Gasteiger partial charge in [0.05, 0.1) is 12.1 Å². The third kappa shape index (κ3) is 0.908. The molecular weight excluding hydrogens is 88.1 g/mol. The van der Waals surface area contributed by atoms with Crippen molar-refractivity contribution in [2.24, 2.45) is 11.7 Å². The highest BCUT2D eigenvalue weighted by atomic mass is 14.7. The minimum absolute atomic E-state index is 0.181. The van der Waals surface area contributed by atoms with Gasteiger partial charge in [0.1, 0.15) is 0 Å². The van der Waals surface area contributed by atoms with Crippen LogP contribution in [0.4, 0.5) is 0 Å². The van der Waals surface area contributed by atoms with E-state index in [0.29, 0.717) is 5.92 Å². The number of hydrogen-bond acceptors (Lipinski definition) is 2. The van der Waals surface area contributed by atoms with E-state index in [-0.39, 0.29) is 6.04 Å². The summed E-state index contributed by atoms with van der Waals surface area (Å²) in [6.45, 7) is 0. The summed E-state index contributed by atoms with van der Waals surface area (Å²) in [5.74, 6) is 0.532. The monoisotopic (exact) mass is 96.1 g/mol. The van der Waals surface area contributed by atoms with Crippen LogP contribution in [0.15, 0.2) is 0 Å². The third-order valence-electron chi connectivity index (χ3n) is 1.28. The largest absolute Gasteiger partial charge is 0.316 e. The first-order chi connectivity index (χ1) is 3.34. The second-order valence-electron chi connectivity index (χ2n) is 1.99. The Morgan fingerprint density at radius 1 is 1.71 bits per heavy atom. The molecule has 0 aromatic carbocycles. The van der Waals surface area contributed by atoms with Crippen molar-refractivity contribution in [1.29, 1.82) is 5.26 Å². The predicted molar refractivity (Wildman–Crippen MR) is 26.3 cm³/mol. The molecule has 0 aromatic heterocycles. The molecule has 0 radical (unpaired) electrons. The van der Waals surface area contributed by atoms with Gasteiger partial charge in [0, 0.05) is 0 Å². The first-order valence-corrected chi connectivity index (χ1v) is 2.50. The van der Waals surface area contributed by atoms with Gasteiger partial charge in [-0.3, -0.25) is 0 Å². The number of nitriles is 1. The Labute approximate surface area is 42.9 Å². The molecule has 38 valence electrons. The van der Waals surface area contributed by atoms with Crippen LogP contribution >= 0.6 is 0 Å². The van der Waals surface area contributed by atoms with Crippen LogP contribution < -0.4 is 5.73 Å². The van der Waals surface area contributed by atoms with Gasteiger partial charge in [0.25, 0.3) is 0 Å². The zero-order valence-corrected chi connectivity index (χ0v) is 4.09. The van der Waals surface area contributed by atoms with Crippen LogP contribution in [0, 0.1) is 17.2 Å². The molecule has 7 heavy (non-hydrogen) atoms. The highest BCUT2D eigenvalue weighted by Crippen LogP contribution is 2.30. The Hall–Kier alpha value is -0.550. The van der Waals surface area contributed by atoms with E-state index in [1.807, 2.05) is 6.07 Å². The fourth-order valence-corrected chi connectivity index (χ4v) is 0.561. The van der Waals surface area contributed by atoms with Crippen LogP contribution in [-0.4, -0.2) is 6.04 Å². The van der Waals surface area contributed by atoms with Gasteiger partial charge >= 0.3 is 0 Å². The van der Waals surface area contributed by atoms with Crippen molar-refractivity contribution in [2.45, 2.75) is 18.9 Å². The van der Waals surface area contributed by atoms with Crippen molar-refractivity contribution < 1.29 is 0 Å². The topological polar surface area (TPSA) is 49.8 Å². The van der Waals surface area contributed by atoms with Crippen molar-refractivity contribution in [1.82, 2.24) is 0 Å². The summed E-state index contributed by atoms with van der Waals surface area (Å²) in [5.41, 5.74) is 5.32. The Kier molecular flexibility index (Phi) is 0.994. The van der Waals surface area contributed by atoms with Gasteiger partial charge < -0.3 is 5.73 Å². The highest BCUT2D eigenvalue weighted by Gasteiger charge is 2.27. The molecule has 0 heterocycles. The Balaban J connectivity index is 2.27. The average molecular weight is 96.1 g/mol. The number of hydrogen-bond donors (Lipinski definition) is 1. The molecule has 0 saturated heterocycles. The fraction of sp³-hybridized carbons (Fsp3) is 0.800. The first kappa shape index (κ1) is 4.61. The second kappa shape index (κ2) is 1.51. The SMILES string of the molecule is N#CC(N)C1CC1. The molecular formula is C5H8N2. The van der Waals surface area contributed by atoms with E-state index in [9.17, 15) is 0 Å². The van der Waals surface area contributed by atoms with E-state index in [1.54, 1.807) is 0 Å². The van der Waals surface area contributed by atoms with Gasteiger partial charge in [0.15, 0.2) is 0 Å². The van der Waals surface area contributed by atoms with E-state index < -0.39 is 0 Å². The van der Waals surface area contributed by atoms with Crippen LogP contribution in [0.1, 0.15) is 12.8 Å². The molecule has 0 amide bonds. The zero-order valence-electron chi connectivity index (χ0n) is 4.09. The Morgan fingerprint density at radius 2 is 2.29 bits per heavy atom. The molecule has 0 aliphatic heterocycles. The molecule has 1 unspecified atom stereocenters. The molecule has 1 saturated carbocycles. The van der Waals surface area contributed by atoms with Gasteiger partial charge in [0.2, 0.25) is 0 Å². The highest BCUT2D eigenvalue weighted by molar-refractivity contribution is 4.97. The molecule has 0 aromatic rings.